The molecule has 0 fully saturated rings. The second-order valence-corrected chi connectivity index (χ2v) is 13.2. The van der Waals surface area contributed by atoms with Crippen LogP contribution in [-0.2, 0) is 0 Å². The molecule has 0 heterocycles. The van der Waals surface area contributed by atoms with E-state index in [1.807, 2.05) is 0 Å². The van der Waals surface area contributed by atoms with Gasteiger partial charge in [0, 0.05) is 0 Å². The third-order valence-corrected chi connectivity index (χ3v) is 10.4. The maximum Gasteiger partial charge on any atom is -0.00139 e. The summed E-state index contributed by atoms with van der Waals surface area (Å²) in [4.78, 5) is 0. The third-order valence-electron chi connectivity index (χ3n) is 10.4. The summed E-state index contributed by atoms with van der Waals surface area (Å²) in [6.45, 7) is 0. The first kappa shape index (κ1) is 28.5. The molecule has 0 N–H and O–H groups in total. The van der Waals surface area contributed by atoms with Crippen LogP contribution in [0.1, 0.15) is 0 Å². The fourth-order valence-electron chi connectivity index (χ4n) is 8.21. The standard InChI is InChI=1S/C50H32/c1-3-15-33(16-4-1)37-19-7-9-21-39(37)35-27-29-45-47(31-35)41-23-11-13-25-43(41)50-46-30-28-36(32-48(46)42-24-12-14-26-44(42)49(45)50)40-22-10-8-20-38(40)34-17-5-2-6-18-34/h1-32H. The van der Waals surface area contributed by atoms with Crippen LogP contribution >= 0.6 is 0 Å². The van der Waals surface area contributed by atoms with Crippen molar-refractivity contribution < 1.29 is 0 Å². The zero-order valence-corrected chi connectivity index (χ0v) is 27.5. The molecule has 0 heteroatoms. The maximum atomic E-state index is 2.42. The summed E-state index contributed by atoms with van der Waals surface area (Å²) in [7, 11) is 0. The van der Waals surface area contributed by atoms with Gasteiger partial charge in [-0.05, 0) is 111 Å². The molecule has 0 aromatic heterocycles. The molecule has 0 radical (unpaired) electrons. The van der Waals surface area contributed by atoms with Gasteiger partial charge < -0.3 is 0 Å². The number of benzene rings is 10. The highest BCUT2D eigenvalue weighted by molar-refractivity contribution is 6.39. The molecule has 10 rings (SSSR count). The monoisotopic (exact) mass is 632 g/mol. The van der Waals surface area contributed by atoms with E-state index in [0.717, 1.165) is 0 Å². The van der Waals surface area contributed by atoms with E-state index in [-0.39, 0.29) is 0 Å². The molecule has 0 unspecified atom stereocenters. The van der Waals surface area contributed by atoms with Gasteiger partial charge in [0.05, 0.1) is 0 Å². The average Bonchev–Trinajstić information content (AvgIpc) is 3.21. The first-order chi connectivity index (χ1) is 24.8. The van der Waals surface area contributed by atoms with Gasteiger partial charge in [-0.15, -0.1) is 0 Å². The van der Waals surface area contributed by atoms with Crippen molar-refractivity contribution in [3.05, 3.63) is 194 Å². The van der Waals surface area contributed by atoms with Crippen molar-refractivity contribution in [2.45, 2.75) is 0 Å². The van der Waals surface area contributed by atoms with Crippen molar-refractivity contribution in [3.63, 3.8) is 0 Å². The average molecular weight is 633 g/mol. The summed E-state index contributed by atoms with van der Waals surface area (Å²) in [5.41, 5.74) is 9.91. The van der Waals surface area contributed by atoms with E-state index < -0.39 is 0 Å². The van der Waals surface area contributed by atoms with E-state index in [1.54, 1.807) is 0 Å². The van der Waals surface area contributed by atoms with Crippen molar-refractivity contribution in [2.24, 2.45) is 0 Å². The summed E-state index contributed by atoms with van der Waals surface area (Å²) < 4.78 is 0. The van der Waals surface area contributed by atoms with Crippen molar-refractivity contribution in [2.75, 3.05) is 0 Å². The molecule has 232 valence electrons. The molecule has 0 aliphatic rings. The van der Waals surface area contributed by atoms with Gasteiger partial charge in [0.1, 0.15) is 0 Å². The highest BCUT2D eigenvalue weighted by Gasteiger charge is 2.18. The molecule has 10 aromatic rings. The Morgan fingerprint density at radius 2 is 0.480 bits per heavy atom. The van der Waals surface area contributed by atoms with Crippen LogP contribution in [-0.4, -0.2) is 0 Å². The molecule has 0 spiro atoms. The largest absolute Gasteiger partial charge is 0.0622 e. The van der Waals surface area contributed by atoms with Gasteiger partial charge in [0.15, 0.2) is 0 Å². The van der Waals surface area contributed by atoms with E-state index in [4.69, 9.17) is 0 Å². The fourth-order valence-corrected chi connectivity index (χ4v) is 8.21. The van der Waals surface area contributed by atoms with Gasteiger partial charge in [-0.3, -0.25) is 0 Å². The van der Waals surface area contributed by atoms with Gasteiger partial charge in [0.25, 0.3) is 0 Å². The Labute approximate surface area is 291 Å². The summed E-state index contributed by atoms with van der Waals surface area (Å²) in [6.07, 6.45) is 0. The Balaban J connectivity index is 1.28. The van der Waals surface area contributed by atoms with Crippen molar-refractivity contribution in [1.29, 1.82) is 0 Å². The lowest BCUT2D eigenvalue weighted by molar-refractivity contribution is 1.59. The predicted octanol–water partition coefficient (Wildman–Crippen LogP) is 14.1. The second kappa shape index (κ2) is 11.6. The van der Waals surface area contributed by atoms with Crippen molar-refractivity contribution in [1.82, 2.24) is 0 Å². The molecule has 0 bridgehead atoms. The molecule has 0 saturated carbocycles. The third kappa shape index (κ3) is 4.46. The molecule has 0 aliphatic heterocycles. The summed E-state index contributed by atoms with van der Waals surface area (Å²) >= 11 is 0. The first-order valence-corrected chi connectivity index (χ1v) is 17.4. The number of hydrogen-bond acceptors (Lipinski definition) is 0. The Bertz CT molecular complexity index is 2700. The fraction of sp³-hybridized carbons (Fsp3) is 0. The van der Waals surface area contributed by atoms with Gasteiger partial charge in [0.2, 0.25) is 0 Å². The van der Waals surface area contributed by atoms with Gasteiger partial charge >= 0.3 is 0 Å². The first-order valence-electron chi connectivity index (χ1n) is 17.4. The molecule has 0 amide bonds. The Hall–Kier alpha value is -6.50. The SMILES string of the molecule is c1ccc(-c2ccccc2-c2ccc3c(c2)c2ccccc2c2c4ccc(-c5ccccc5-c5ccccc5)cc4c4ccccc4c32)cc1. The van der Waals surface area contributed by atoms with E-state index in [1.165, 1.54) is 98.4 Å². The lowest BCUT2D eigenvalue weighted by atomic mass is 9.85. The highest BCUT2D eigenvalue weighted by Crippen LogP contribution is 2.46. The zero-order chi connectivity index (χ0) is 33.0. The molecule has 0 nitrogen and oxygen atoms in total. The molecular weight excluding hydrogens is 601 g/mol. The minimum atomic E-state index is 1.23. The molecular formula is C50H32. The maximum absolute atomic E-state index is 2.42. The quantitative estimate of drug-likeness (QED) is 0.169. The van der Waals surface area contributed by atoms with E-state index in [9.17, 15) is 0 Å². The normalized spacial score (nSPS) is 11.6. The highest BCUT2D eigenvalue weighted by atomic mass is 14.2. The smallest absolute Gasteiger partial charge is 0.00139 e. The summed E-state index contributed by atoms with van der Waals surface area (Å²) in [6, 6.07) is 71.2. The van der Waals surface area contributed by atoms with Crippen molar-refractivity contribution >= 4 is 53.9 Å². The zero-order valence-electron chi connectivity index (χ0n) is 27.5. The number of fused-ring (bicyclic) bond motifs is 11. The van der Waals surface area contributed by atoms with Crippen LogP contribution in [0, 0.1) is 0 Å². The molecule has 0 atom stereocenters. The lowest BCUT2D eigenvalue weighted by Crippen LogP contribution is -1.91. The Kier molecular flexibility index (Phi) is 6.60. The van der Waals surface area contributed by atoms with Crippen LogP contribution in [0.4, 0.5) is 0 Å². The molecule has 0 aliphatic carbocycles. The Morgan fingerprint density at radius 1 is 0.180 bits per heavy atom. The number of hydrogen-bond donors (Lipinski definition) is 0. The Morgan fingerprint density at radius 3 is 0.880 bits per heavy atom. The molecule has 10 aromatic carbocycles. The van der Waals surface area contributed by atoms with Crippen LogP contribution in [0.3, 0.4) is 0 Å². The van der Waals surface area contributed by atoms with Gasteiger partial charge in [-0.1, -0.05) is 182 Å². The molecule has 0 saturated heterocycles. The van der Waals surface area contributed by atoms with Crippen LogP contribution in [0.2, 0.25) is 0 Å². The minimum absolute atomic E-state index is 1.23. The van der Waals surface area contributed by atoms with Crippen LogP contribution in [0.5, 0.6) is 0 Å². The predicted molar refractivity (Wildman–Crippen MR) is 216 cm³/mol. The van der Waals surface area contributed by atoms with Gasteiger partial charge in [-0.2, -0.15) is 0 Å². The summed E-state index contributed by atoms with van der Waals surface area (Å²) in [5, 5.41) is 12.9. The van der Waals surface area contributed by atoms with Crippen LogP contribution in [0.15, 0.2) is 194 Å². The van der Waals surface area contributed by atoms with Crippen molar-refractivity contribution in [3.8, 4) is 44.5 Å². The topological polar surface area (TPSA) is 0 Å². The van der Waals surface area contributed by atoms with E-state index in [0.29, 0.717) is 0 Å². The van der Waals surface area contributed by atoms with Crippen LogP contribution in [0.25, 0.3) is 98.4 Å². The summed E-state index contributed by atoms with van der Waals surface area (Å²) in [5.74, 6) is 0. The second-order valence-electron chi connectivity index (χ2n) is 13.2. The number of rotatable bonds is 4. The van der Waals surface area contributed by atoms with Gasteiger partial charge in [-0.25, -0.2) is 0 Å². The minimum Gasteiger partial charge on any atom is -0.0622 e. The van der Waals surface area contributed by atoms with Crippen LogP contribution < -0.4 is 0 Å². The van der Waals surface area contributed by atoms with E-state index >= 15 is 0 Å². The lowest BCUT2D eigenvalue weighted by Gasteiger charge is -2.18. The van der Waals surface area contributed by atoms with E-state index in [2.05, 4.69) is 194 Å². The molecule has 50 heavy (non-hydrogen) atoms.